The van der Waals surface area contributed by atoms with E-state index in [2.05, 4.69) is 6.92 Å². The van der Waals surface area contributed by atoms with Gasteiger partial charge in [0, 0.05) is 0 Å². The van der Waals surface area contributed by atoms with E-state index in [0.29, 0.717) is 0 Å². The molecule has 112 valence electrons. The van der Waals surface area contributed by atoms with E-state index >= 15 is 0 Å². The van der Waals surface area contributed by atoms with Crippen LogP contribution in [0.15, 0.2) is 11.1 Å². The zero-order valence-electron chi connectivity index (χ0n) is 12.8. The smallest absolute Gasteiger partial charge is 0.310 e. The maximum absolute atomic E-state index is 12.3. The number of carbonyl (C=O) groups is 2. The van der Waals surface area contributed by atoms with E-state index in [1.807, 2.05) is 6.92 Å². The minimum absolute atomic E-state index is 0.0379. The standard InChI is InChI=1S/C16H24O4/c1-9-10(2)13(15(17)19-3)14(16(18)20-4)12-8-6-5-7-11(9)12/h10,12-14H,5-8H2,1-4H3/t10?,12?,13-,14+/m0/s1. The SMILES string of the molecule is COC(=O)[C@@H]1C2CCCCC2=C(C)C(C)[C@@H]1C(=O)OC. The Morgan fingerprint density at radius 2 is 1.65 bits per heavy atom. The van der Waals surface area contributed by atoms with Crippen LogP contribution in [0.4, 0.5) is 0 Å². The van der Waals surface area contributed by atoms with E-state index < -0.39 is 5.92 Å². The van der Waals surface area contributed by atoms with Gasteiger partial charge in [0.25, 0.3) is 0 Å². The third-order valence-electron chi connectivity index (χ3n) is 5.15. The molecule has 4 atom stereocenters. The molecule has 2 aliphatic rings. The molecule has 0 saturated heterocycles. The number of fused-ring (bicyclic) bond motifs is 1. The topological polar surface area (TPSA) is 52.6 Å². The van der Waals surface area contributed by atoms with Gasteiger partial charge in [-0.2, -0.15) is 0 Å². The van der Waals surface area contributed by atoms with E-state index in [9.17, 15) is 9.59 Å². The van der Waals surface area contributed by atoms with Crippen molar-refractivity contribution in [1.82, 2.24) is 0 Å². The fourth-order valence-corrected chi connectivity index (χ4v) is 3.98. The Kier molecular flexibility index (Phi) is 4.51. The summed E-state index contributed by atoms with van der Waals surface area (Å²) in [4.78, 5) is 24.4. The van der Waals surface area contributed by atoms with Gasteiger partial charge in [-0.25, -0.2) is 0 Å². The molecule has 2 rings (SSSR count). The van der Waals surface area contributed by atoms with Gasteiger partial charge in [-0.3, -0.25) is 9.59 Å². The number of methoxy groups -OCH3 is 2. The van der Waals surface area contributed by atoms with Crippen LogP contribution >= 0.6 is 0 Å². The number of hydrogen-bond donors (Lipinski definition) is 0. The van der Waals surface area contributed by atoms with Crippen molar-refractivity contribution in [3.8, 4) is 0 Å². The summed E-state index contributed by atoms with van der Waals surface area (Å²) in [5.74, 6) is -1.19. The predicted molar refractivity (Wildman–Crippen MR) is 74.8 cm³/mol. The molecule has 0 heterocycles. The average molecular weight is 280 g/mol. The molecule has 1 saturated carbocycles. The molecule has 4 nitrogen and oxygen atoms in total. The second kappa shape index (κ2) is 5.98. The molecule has 2 aliphatic carbocycles. The molecule has 0 aromatic heterocycles. The first kappa shape index (κ1) is 15.1. The van der Waals surface area contributed by atoms with Crippen LogP contribution in [0.1, 0.15) is 39.5 Å². The second-order valence-corrected chi connectivity index (χ2v) is 5.95. The van der Waals surface area contributed by atoms with E-state index in [-0.39, 0.29) is 29.7 Å². The highest BCUT2D eigenvalue weighted by Gasteiger charge is 2.49. The van der Waals surface area contributed by atoms with Crippen molar-refractivity contribution < 1.29 is 19.1 Å². The molecular weight excluding hydrogens is 256 g/mol. The van der Waals surface area contributed by atoms with Crippen molar-refractivity contribution >= 4 is 11.9 Å². The Morgan fingerprint density at radius 3 is 2.25 bits per heavy atom. The summed E-state index contributed by atoms with van der Waals surface area (Å²) < 4.78 is 9.92. The Hall–Kier alpha value is -1.32. The van der Waals surface area contributed by atoms with Crippen LogP contribution < -0.4 is 0 Å². The monoisotopic (exact) mass is 280 g/mol. The first-order valence-electron chi connectivity index (χ1n) is 7.38. The van der Waals surface area contributed by atoms with Crippen LogP contribution in [0.25, 0.3) is 0 Å². The molecule has 0 aromatic carbocycles. The van der Waals surface area contributed by atoms with Crippen LogP contribution in [0, 0.1) is 23.7 Å². The molecule has 0 N–H and O–H groups in total. The lowest BCUT2D eigenvalue weighted by atomic mass is 9.61. The number of rotatable bonds is 2. The normalized spacial score (nSPS) is 33.4. The zero-order chi connectivity index (χ0) is 14.9. The third-order valence-corrected chi connectivity index (χ3v) is 5.15. The van der Waals surface area contributed by atoms with Gasteiger partial charge in [-0.15, -0.1) is 0 Å². The molecule has 0 aromatic rings. The summed E-state index contributed by atoms with van der Waals surface area (Å²) in [5.41, 5.74) is 2.64. The first-order chi connectivity index (χ1) is 9.52. The molecule has 0 amide bonds. The highest BCUT2D eigenvalue weighted by molar-refractivity contribution is 5.84. The Labute approximate surface area is 120 Å². The maximum atomic E-state index is 12.3. The van der Waals surface area contributed by atoms with Gasteiger partial charge in [0.15, 0.2) is 0 Å². The minimum atomic E-state index is -0.417. The van der Waals surface area contributed by atoms with Gasteiger partial charge in [-0.05, 0) is 38.0 Å². The van der Waals surface area contributed by atoms with Gasteiger partial charge in [0.05, 0.1) is 26.1 Å². The van der Waals surface area contributed by atoms with Crippen LogP contribution in [0.5, 0.6) is 0 Å². The van der Waals surface area contributed by atoms with Gasteiger partial charge in [0.2, 0.25) is 0 Å². The van der Waals surface area contributed by atoms with Crippen molar-refractivity contribution in [2.24, 2.45) is 23.7 Å². The summed E-state index contributed by atoms with van der Waals surface area (Å²) in [6, 6.07) is 0. The van der Waals surface area contributed by atoms with Gasteiger partial charge in [-0.1, -0.05) is 24.5 Å². The summed E-state index contributed by atoms with van der Waals surface area (Å²) in [6.45, 7) is 4.12. The molecule has 0 aliphatic heterocycles. The largest absolute Gasteiger partial charge is 0.469 e. The first-order valence-corrected chi connectivity index (χ1v) is 7.38. The van der Waals surface area contributed by atoms with E-state index in [4.69, 9.17) is 9.47 Å². The second-order valence-electron chi connectivity index (χ2n) is 5.95. The van der Waals surface area contributed by atoms with Crippen molar-refractivity contribution in [3.05, 3.63) is 11.1 Å². The fraction of sp³-hybridized carbons (Fsp3) is 0.750. The maximum Gasteiger partial charge on any atom is 0.310 e. The zero-order valence-corrected chi connectivity index (χ0v) is 12.8. The van der Waals surface area contributed by atoms with Crippen molar-refractivity contribution in [2.75, 3.05) is 14.2 Å². The molecule has 0 radical (unpaired) electrons. The van der Waals surface area contributed by atoms with Crippen LogP contribution in [0.2, 0.25) is 0 Å². The Bertz CT molecular complexity index is 438. The summed E-state index contributed by atoms with van der Waals surface area (Å²) in [6.07, 6.45) is 4.29. The summed E-state index contributed by atoms with van der Waals surface area (Å²) >= 11 is 0. The molecule has 2 unspecified atom stereocenters. The van der Waals surface area contributed by atoms with E-state index in [0.717, 1.165) is 19.3 Å². The Balaban J connectivity index is 2.47. The predicted octanol–water partition coefficient (Wildman–Crippen LogP) is 2.72. The van der Waals surface area contributed by atoms with Crippen molar-refractivity contribution in [2.45, 2.75) is 39.5 Å². The molecule has 0 bridgehead atoms. The molecule has 0 spiro atoms. The molecule has 1 fully saturated rings. The number of esters is 2. The quantitative estimate of drug-likeness (QED) is 0.576. The highest BCUT2D eigenvalue weighted by Crippen LogP contribution is 2.49. The van der Waals surface area contributed by atoms with E-state index in [1.54, 1.807) is 0 Å². The lowest BCUT2D eigenvalue weighted by Crippen LogP contribution is -2.45. The number of ether oxygens (including phenoxy) is 2. The van der Waals surface area contributed by atoms with Crippen LogP contribution in [-0.4, -0.2) is 26.2 Å². The van der Waals surface area contributed by atoms with Crippen molar-refractivity contribution in [1.29, 1.82) is 0 Å². The lowest BCUT2D eigenvalue weighted by molar-refractivity contribution is -0.162. The number of hydrogen-bond acceptors (Lipinski definition) is 4. The molecule has 4 heteroatoms. The average Bonchev–Trinajstić information content (AvgIpc) is 2.49. The van der Waals surface area contributed by atoms with Gasteiger partial charge >= 0.3 is 11.9 Å². The minimum Gasteiger partial charge on any atom is -0.469 e. The number of allylic oxidation sites excluding steroid dienone is 2. The highest BCUT2D eigenvalue weighted by atomic mass is 16.5. The lowest BCUT2D eigenvalue weighted by Gasteiger charge is -2.43. The third kappa shape index (κ3) is 2.36. The molecule has 20 heavy (non-hydrogen) atoms. The van der Waals surface area contributed by atoms with Crippen LogP contribution in [-0.2, 0) is 19.1 Å². The Morgan fingerprint density at radius 1 is 1.05 bits per heavy atom. The summed E-state index contributed by atoms with van der Waals surface area (Å²) in [5, 5.41) is 0. The van der Waals surface area contributed by atoms with E-state index in [1.165, 1.54) is 31.8 Å². The molecular formula is C16H24O4. The van der Waals surface area contributed by atoms with Gasteiger partial charge < -0.3 is 9.47 Å². The van der Waals surface area contributed by atoms with Crippen LogP contribution in [0.3, 0.4) is 0 Å². The van der Waals surface area contributed by atoms with Gasteiger partial charge in [0.1, 0.15) is 0 Å². The summed E-state index contributed by atoms with van der Waals surface area (Å²) in [7, 11) is 2.79. The van der Waals surface area contributed by atoms with Crippen molar-refractivity contribution in [3.63, 3.8) is 0 Å². The fourth-order valence-electron chi connectivity index (χ4n) is 3.98. The number of carbonyl (C=O) groups excluding carboxylic acids is 2.